The zero-order valence-electron chi connectivity index (χ0n) is 15.5. The molecule has 1 amide bonds. The number of sulfonamides is 1. The van der Waals surface area contributed by atoms with Crippen molar-refractivity contribution in [1.29, 1.82) is 0 Å². The summed E-state index contributed by atoms with van der Waals surface area (Å²) < 4.78 is 31.4. The van der Waals surface area contributed by atoms with Gasteiger partial charge in [0, 0.05) is 18.5 Å². The quantitative estimate of drug-likeness (QED) is 0.683. The smallest absolute Gasteiger partial charge is 0.267 e. The topological polar surface area (TPSA) is 101 Å². The molecular formula is C19H18N4O4S2. The van der Waals surface area contributed by atoms with Crippen molar-refractivity contribution in [3.8, 4) is 16.3 Å². The highest BCUT2D eigenvalue weighted by molar-refractivity contribution is 7.92. The van der Waals surface area contributed by atoms with Crippen LogP contribution in [-0.2, 0) is 14.8 Å². The van der Waals surface area contributed by atoms with E-state index in [0.717, 1.165) is 11.8 Å². The molecule has 2 aromatic carbocycles. The van der Waals surface area contributed by atoms with E-state index in [1.165, 1.54) is 15.6 Å². The second kappa shape index (κ2) is 7.80. The number of carbonyl (C=O) groups excluding carboxylic acids is 1. The van der Waals surface area contributed by atoms with Gasteiger partial charge in [0.15, 0.2) is 6.10 Å². The van der Waals surface area contributed by atoms with Crippen LogP contribution in [0.25, 0.3) is 10.6 Å². The van der Waals surface area contributed by atoms with Crippen LogP contribution in [0.2, 0.25) is 0 Å². The van der Waals surface area contributed by atoms with Crippen LogP contribution in [0.15, 0.2) is 54.6 Å². The summed E-state index contributed by atoms with van der Waals surface area (Å²) in [4.78, 5) is 12.8. The molecule has 2 heterocycles. The highest BCUT2D eigenvalue weighted by Gasteiger charge is 2.31. The first-order chi connectivity index (χ1) is 13.9. The zero-order chi connectivity index (χ0) is 20.4. The molecule has 0 fully saturated rings. The van der Waals surface area contributed by atoms with E-state index in [0.29, 0.717) is 21.6 Å². The molecule has 10 heteroatoms. The second-order valence-electron chi connectivity index (χ2n) is 6.47. The number of carbonyl (C=O) groups is 1. The van der Waals surface area contributed by atoms with Crippen molar-refractivity contribution in [2.24, 2.45) is 0 Å². The van der Waals surface area contributed by atoms with Crippen LogP contribution in [0.1, 0.15) is 6.42 Å². The molecule has 29 heavy (non-hydrogen) atoms. The number of rotatable bonds is 4. The van der Waals surface area contributed by atoms with Gasteiger partial charge in [-0.15, -0.1) is 10.2 Å². The minimum Gasteiger partial charge on any atom is -0.478 e. The SMILES string of the molecule is CS(=O)(=O)N1CCC(C(=O)Nc2nnc(-c3ccccc3)s2)Oc2ccccc21. The maximum atomic E-state index is 12.8. The lowest BCUT2D eigenvalue weighted by Crippen LogP contribution is -2.35. The highest BCUT2D eigenvalue weighted by Crippen LogP contribution is 2.34. The van der Waals surface area contributed by atoms with Crippen LogP contribution in [0.5, 0.6) is 5.75 Å². The molecule has 0 saturated carbocycles. The number of aromatic nitrogens is 2. The Kier molecular flexibility index (Phi) is 5.20. The molecule has 1 N–H and O–H groups in total. The van der Waals surface area contributed by atoms with E-state index in [9.17, 15) is 13.2 Å². The van der Waals surface area contributed by atoms with Gasteiger partial charge >= 0.3 is 0 Å². The third kappa shape index (κ3) is 4.22. The predicted octanol–water partition coefficient (Wildman–Crippen LogP) is 2.76. The van der Waals surface area contributed by atoms with Crippen molar-refractivity contribution in [2.45, 2.75) is 12.5 Å². The predicted molar refractivity (Wildman–Crippen MR) is 112 cm³/mol. The van der Waals surface area contributed by atoms with Gasteiger partial charge in [-0.1, -0.05) is 53.8 Å². The summed E-state index contributed by atoms with van der Waals surface area (Å²) in [5.74, 6) is -0.0521. The van der Waals surface area contributed by atoms with Crippen molar-refractivity contribution in [2.75, 3.05) is 22.4 Å². The van der Waals surface area contributed by atoms with Crippen LogP contribution >= 0.6 is 11.3 Å². The van der Waals surface area contributed by atoms with E-state index in [1.807, 2.05) is 30.3 Å². The molecule has 4 rings (SSSR count). The fraction of sp³-hybridized carbons (Fsp3) is 0.211. The standard InChI is InChI=1S/C19H18N4O4S2/c1-29(25,26)23-12-11-16(27-15-10-6-5-9-14(15)23)17(24)20-19-22-21-18(28-19)13-7-3-2-4-8-13/h2-10,16H,11-12H2,1H3,(H,20,22,24). The van der Waals surface area contributed by atoms with Gasteiger partial charge in [0.05, 0.1) is 11.9 Å². The molecule has 1 aliphatic heterocycles. The normalized spacial score (nSPS) is 16.4. The largest absolute Gasteiger partial charge is 0.478 e. The average molecular weight is 431 g/mol. The molecule has 1 atom stereocenters. The molecule has 0 aliphatic carbocycles. The fourth-order valence-electron chi connectivity index (χ4n) is 3.02. The van der Waals surface area contributed by atoms with E-state index < -0.39 is 22.0 Å². The van der Waals surface area contributed by atoms with Gasteiger partial charge in [0.2, 0.25) is 15.2 Å². The van der Waals surface area contributed by atoms with E-state index in [2.05, 4.69) is 15.5 Å². The molecule has 1 aromatic heterocycles. The Morgan fingerprint density at radius 2 is 1.86 bits per heavy atom. The molecule has 0 spiro atoms. The first kappa shape index (κ1) is 19.3. The number of benzene rings is 2. The van der Waals surface area contributed by atoms with Crippen LogP contribution in [0.3, 0.4) is 0 Å². The molecule has 3 aromatic rings. The Morgan fingerprint density at radius 3 is 2.62 bits per heavy atom. The number of fused-ring (bicyclic) bond motifs is 1. The van der Waals surface area contributed by atoms with Gasteiger partial charge in [-0.2, -0.15) is 0 Å². The number of nitrogens with zero attached hydrogens (tertiary/aromatic N) is 3. The minimum absolute atomic E-state index is 0.138. The number of nitrogens with one attached hydrogen (secondary N) is 1. The lowest BCUT2D eigenvalue weighted by Gasteiger charge is -2.20. The van der Waals surface area contributed by atoms with Crippen LogP contribution < -0.4 is 14.4 Å². The van der Waals surface area contributed by atoms with Crippen LogP contribution in [0, 0.1) is 0 Å². The average Bonchev–Trinajstić information content (AvgIpc) is 3.06. The maximum Gasteiger partial charge on any atom is 0.267 e. The molecule has 0 saturated heterocycles. The molecule has 1 aliphatic rings. The Morgan fingerprint density at radius 1 is 1.14 bits per heavy atom. The van der Waals surface area contributed by atoms with Gasteiger partial charge in [0.1, 0.15) is 10.8 Å². The van der Waals surface area contributed by atoms with Crippen molar-refractivity contribution < 1.29 is 17.9 Å². The van der Waals surface area contributed by atoms with Crippen molar-refractivity contribution in [1.82, 2.24) is 10.2 Å². The number of hydrogen-bond donors (Lipinski definition) is 1. The number of ether oxygens (including phenoxy) is 1. The minimum atomic E-state index is -3.50. The summed E-state index contributed by atoms with van der Waals surface area (Å²) in [7, 11) is -3.50. The Bertz CT molecular complexity index is 1130. The number of para-hydroxylation sites is 2. The Balaban J connectivity index is 1.52. The maximum absolute atomic E-state index is 12.8. The van der Waals surface area contributed by atoms with Crippen molar-refractivity contribution >= 4 is 38.1 Å². The number of amides is 1. The summed E-state index contributed by atoms with van der Waals surface area (Å²) in [6.45, 7) is 0.138. The fourth-order valence-corrected chi connectivity index (χ4v) is 4.71. The van der Waals surface area contributed by atoms with Gasteiger partial charge in [-0.3, -0.25) is 14.4 Å². The monoisotopic (exact) mass is 430 g/mol. The van der Waals surface area contributed by atoms with E-state index in [1.54, 1.807) is 24.3 Å². The van der Waals surface area contributed by atoms with Gasteiger partial charge in [-0.25, -0.2) is 8.42 Å². The molecular weight excluding hydrogens is 412 g/mol. The van der Waals surface area contributed by atoms with Crippen LogP contribution in [-0.4, -0.2) is 43.4 Å². The zero-order valence-corrected chi connectivity index (χ0v) is 17.1. The van der Waals surface area contributed by atoms with Gasteiger partial charge in [-0.05, 0) is 12.1 Å². The molecule has 1 unspecified atom stereocenters. The Labute approximate surface area is 172 Å². The molecule has 8 nitrogen and oxygen atoms in total. The van der Waals surface area contributed by atoms with Crippen LogP contribution in [0.4, 0.5) is 10.8 Å². The number of hydrogen-bond acceptors (Lipinski definition) is 7. The molecule has 150 valence electrons. The van der Waals surface area contributed by atoms with Gasteiger partial charge in [0.25, 0.3) is 5.91 Å². The van der Waals surface area contributed by atoms with E-state index in [4.69, 9.17) is 4.74 Å². The first-order valence-electron chi connectivity index (χ1n) is 8.85. The van der Waals surface area contributed by atoms with Crippen molar-refractivity contribution in [3.05, 3.63) is 54.6 Å². The Hall–Kier alpha value is -2.98. The first-order valence-corrected chi connectivity index (χ1v) is 11.5. The summed E-state index contributed by atoms with van der Waals surface area (Å²) in [6, 6.07) is 16.3. The van der Waals surface area contributed by atoms with Crippen molar-refractivity contribution in [3.63, 3.8) is 0 Å². The van der Waals surface area contributed by atoms with E-state index in [-0.39, 0.29) is 13.0 Å². The summed E-state index contributed by atoms with van der Waals surface area (Å²) in [6.07, 6.45) is 0.487. The van der Waals surface area contributed by atoms with E-state index >= 15 is 0 Å². The lowest BCUT2D eigenvalue weighted by atomic mass is 10.2. The summed E-state index contributed by atoms with van der Waals surface area (Å²) >= 11 is 1.26. The molecule has 0 bridgehead atoms. The number of anilines is 2. The third-order valence-electron chi connectivity index (χ3n) is 4.37. The third-order valence-corrected chi connectivity index (χ3v) is 6.43. The van der Waals surface area contributed by atoms with Gasteiger partial charge < -0.3 is 4.74 Å². The summed E-state index contributed by atoms with van der Waals surface area (Å²) in [5, 5.41) is 11.9. The lowest BCUT2D eigenvalue weighted by molar-refractivity contribution is -0.122. The molecule has 0 radical (unpaired) electrons. The highest BCUT2D eigenvalue weighted by atomic mass is 32.2. The summed E-state index contributed by atoms with van der Waals surface area (Å²) in [5.41, 5.74) is 1.33. The second-order valence-corrected chi connectivity index (χ2v) is 9.35.